The standard InChI is InChI=1S/C19H19FN6O4S/c1-12(27)24-18-22-8-16(31-18)6-13-2-4-15(5-3-13)25-11-23-26(19(25)29)9-14(7-20)10-30-17(21)28/h2-5,7-8,11H,6,9-10H2,1H3,(H2,21,28)(H,22,24,27). The highest BCUT2D eigenvalue weighted by Crippen LogP contribution is 2.21. The molecule has 0 fully saturated rings. The number of amides is 2. The van der Waals surface area contributed by atoms with Gasteiger partial charge in [0.2, 0.25) is 5.91 Å². The molecule has 0 saturated heterocycles. The molecule has 0 aliphatic carbocycles. The van der Waals surface area contributed by atoms with Crippen LogP contribution in [-0.4, -0.2) is 37.9 Å². The molecule has 0 spiro atoms. The van der Waals surface area contributed by atoms with E-state index in [0.29, 0.717) is 17.2 Å². The number of benzene rings is 1. The fraction of sp³-hybridized carbons (Fsp3) is 0.211. The van der Waals surface area contributed by atoms with Crippen molar-refractivity contribution in [3.63, 3.8) is 0 Å². The minimum absolute atomic E-state index is 0.0321. The van der Waals surface area contributed by atoms with Crippen molar-refractivity contribution in [1.82, 2.24) is 19.3 Å². The van der Waals surface area contributed by atoms with Crippen LogP contribution in [0, 0.1) is 0 Å². The van der Waals surface area contributed by atoms with Gasteiger partial charge in [-0.2, -0.15) is 5.10 Å². The quantitative estimate of drug-likeness (QED) is 0.543. The zero-order valence-corrected chi connectivity index (χ0v) is 17.3. The largest absolute Gasteiger partial charge is 0.445 e. The number of thiazole rings is 1. The molecule has 2 heterocycles. The number of carbonyl (C=O) groups excluding carboxylic acids is 2. The number of nitrogens with one attached hydrogen (secondary N) is 1. The Balaban J connectivity index is 1.68. The van der Waals surface area contributed by atoms with Crippen LogP contribution in [0.5, 0.6) is 0 Å². The molecule has 0 bridgehead atoms. The Labute approximate surface area is 179 Å². The molecule has 12 heteroatoms. The maximum atomic E-state index is 13.0. The average Bonchev–Trinajstić information content (AvgIpc) is 3.31. The van der Waals surface area contributed by atoms with Gasteiger partial charge in [0, 0.05) is 30.0 Å². The van der Waals surface area contributed by atoms with E-state index >= 15 is 0 Å². The monoisotopic (exact) mass is 446 g/mol. The maximum Gasteiger partial charge on any atom is 0.404 e. The van der Waals surface area contributed by atoms with Crippen molar-refractivity contribution in [1.29, 1.82) is 0 Å². The lowest BCUT2D eigenvalue weighted by molar-refractivity contribution is -0.114. The second-order valence-corrected chi connectivity index (χ2v) is 7.59. The molecular weight excluding hydrogens is 427 g/mol. The summed E-state index contributed by atoms with van der Waals surface area (Å²) in [5.74, 6) is -0.175. The molecular formula is C19H19FN6O4S. The number of carbonyl (C=O) groups is 2. The van der Waals surface area contributed by atoms with Crippen molar-refractivity contribution in [2.24, 2.45) is 5.73 Å². The first-order valence-corrected chi connectivity index (χ1v) is 9.83. The van der Waals surface area contributed by atoms with Crippen LogP contribution in [0.2, 0.25) is 0 Å². The van der Waals surface area contributed by atoms with Crippen LogP contribution >= 0.6 is 11.3 Å². The van der Waals surface area contributed by atoms with E-state index in [2.05, 4.69) is 20.1 Å². The third-order valence-electron chi connectivity index (χ3n) is 4.07. The van der Waals surface area contributed by atoms with Crippen molar-refractivity contribution in [3.05, 3.63) is 69.6 Å². The van der Waals surface area contributed by atoms with Crippen molar-refractivity contribution in [3.8, 4) is 5.69 Å². The van der Waals surface area contributed by atoms with E-state index in [9.17, 15) is 18.8 Å². The van der Waals surface area contributed by atoms with Gasteiger partial charge in [-0.15, -0.1) is 11.3 Å². The Morgan fingerprint density at radius 3 is 2.71 bits per heavy atom. The summed E-state index contributed by atoms with van der Waals surface area (Å²) < 4.78 is 19.9. The number of nitrogens with two attached hydrogens (primary N) is 1. The molecule has 2 aromatic heterocycles. The van der Waals surface area contributed by atoms with Gasteiger partial charge in [-0.05, 0) is 17.7 Å². The van der Waals surface area contributed by atoms with E-state index in [1.54, 1.807) is 18.3 Å². The number of aromatic nitrogens is 4. The van der Waals surface area contributed by atoms with E-state index in [-0.39, 0.29) is 31.0 Å². The summed E-state index contributed by atoms with van der Waals surface area (Å²) in [6.45, 7) is 0.865. The lowest BCUT2D eigenvalue weighted by atomic mass is 10.1. The minimum Gasteiger partial charge on any atom is -0.445 e. The number of halogens is 1. The van der Waals surface area contributed by atoms with Gasteiger partial charge in [0.1, 0.15) is 12.9 Å². The maximum absolute atomic E-state index is 13.0. The molecule has 162 valence electrons. The first kappa shape index (κ1) is 21.9. The molecule has 3 aromatic rings. The van der Waals surface area contributed by atoms with Crippen LogP contribution < -0.4 is 16.7 Å². The van der Waals surface area contributed by atoms with Gasteiger partial charge in [0.15, 0.2) is 5.13 Å². The number of rotatable bonds is 8. The van der Waals surface area contributed by atoms with Gasteiger partial charge in [0.05, 0.1) is 18.6 Å². The number of hydrogen-bond donors (Lipinski definition) is 2. The molecule has 0 radical (unpaired) electrons. The van der Waals surface area contributed by atoms with E-state index < -0.39 is 11.8 Å². The highest BCUT2D eigenvalue weighted by molar-refractivity contribution is 7.15. The first-order valence-electron chi connectivity index (χ1n) is 9.02. The van der Waals surface area contributed by atoms with Crippen LogP contribution in [0.1, 0.15) is 17.4 Å². The Bertz CT molecular complexity index is 1160. The van der Waals surface area contributed by atoms with Crippen LogP contribution in [0.3, 0.4) is 0 Å². The third kappa shape index (κ3) is 5.85. The van der Waals surface area contributed by atoms with E-state index in [4.69, 9.17) is 5.73 Å². The number of anilines is 1. The summed E-state index contributed by atoms with van der Waals surface area (Å²) in [5, 5.41) is 7.16. The number of primary amides is 1. The van der Waals surface area contributed by atoms with Crippen molar-refractivity contribution in [2.45, 2.75) is 19.9 Å². The second-order valence-electron chi connectivity index (χ2n) is 6.47. The molecule has 0 aliphatic rings. The van der Waals surface area contributed by atoms with Gasteiger partial charge in [-0.1, -0.05) is 12.1 Å². The lowest BCUT2D eigenvalue weighted by Gasteiger charge is -2.05. The predicted molar refractivity (Wildman–Crippen MR) is 112 cm³/mol. The van der Waals surface area contributed by atoms with Crippen molar-refractivity contribution < 1.29 is 18.7 Å². The molecule has 0 aliphatic heterocycles. The third-order valence-corrected chi connectivity index (χ3v) is 4.98. The number of ether oxygens (including phenoxy) is 1. The normalized spacial score (nSPS) is 11.4. The summed E-state index contributed by atoms with van der Waals surface area (Å²) >= 11 is 1.39. The average molecular weight is 446 g/mol. The molecule has 0 unspecified atom stereocenters. The highest BCUT2D eigenvalue weighted by Gasteiger charge is 2.11. The molecule has 2 amide bonds. The Hall–Kier alpha value is -3.80. The Kier molecular flexibility index (Phi) is 6.92. The highest BCUT2D eigenvalue weighted by atomic mass is 32.1. The van der Waals surface area contributed by atoms with Crippen molar-refractivity contribution in [2.75, 3.05) is 11.9 Å². The smallest absolute Gasteiger partial charge is 0.404 e. The topological polar surface area (TPSA) is 134 Å². The van der Waals surface area contributed by atoms with Crippen LogP contribution in [-0.2, 0) is 22.5 Å². The fourth-order valence-corrected chi connectivity index (χ4v) is 3.56. The molecule has 1 aromatic carbocycles. The van der Waals surface area contributed by atoms with Gasteiger partial charge in [-0.3, -0.25) is 4.79 Å². The van der Waals surface area contributed by atoms with Gasteiger partial charge in [-0.25, -0.2) is 28.2 Å². The molecule has 10 nitrogen and oxygen atoms in total. The Morgan fingerprint density at radius 2 is 2.06 bits per heavy atom. The van der Waals surface area contributed by atoms with E-state index in [0.717, 1.165) is 15.1 Å². The zero-order valence-electron chi connectivity index (χ0n) is 16.4. The molecule has 0 saturated carbocycles. The summed E-state index contributed by atoms with van der Waals surface area (Å²) in [7, 11) is 0. The predicted octanol–water partition coefficient (Wildman–Crippen LogP) is 1.99. The van der Waals surface area contributed by atoms with Crippen molar-refractivity contribution >= 4 is 28.5 Å². The minimum atomic E-state index is -1.04. The molecule has 0 atom stereocenters. The number of hydrogen-bond acceptors (Lipinski definition) is 7. The number of nitrogens with zero attached hydrogens (tertiary/aromatic N) is 4. The first-order chi connectivity index (χ1) is 14.9. The van der Waals surface area contributed by atoms with Crippen LogP contribution in [0.15, 0.2) is 53.5 Å². The lowest BCUT2D eigenvalue weighted by Crippen LogP contribution is -2.26. The zero-order chi connectivity index (χ0) is 22.4. The van der Waals surface area contributed by atoms with Gasteiger partial charge < -0.3 is 15.8 Å². The Morgan fingerprint density at radius 1 is 1.32 bits per heavy atom. The SMILES string of the molecule is CC(=O)Nc1ncc(Cc2ccc(-n3cnn(CC(=CF)COC(N)=O)c3=O)cc2)s1. The van der Waals surface area contributed by atoms with Crippen LogP contribution in [0.4, 0.5) is 14.3 Å². The molecule has 31 heavy (non-hydrogen) atoms. The van der Waals surface area contributed by atoms with Gasteiger partial charge in [0.25, 0.3) is 0 Å². The summed E-state index contributed by atoms with van der Waals surface area (Å²) in [6, 6.07) is 7.26. The van der Waals surface area contributed by atoms with E-state index in [1.165, 1.54) is 29.2 Å². The molecule has 3 rings (SSSR count). The fourth-order valence-electron chi connectivity index (χ4n) is 2.66. The van der Waals surface area contributed by atoms with Gasteiger partial charge >= 0.3 is 11.8 Å². The second kappa shape index (κ2) is 9.80. The molecule has 3 N–H and O–H groups in total. The summed E-state index contributed by atoms with van der Waals surface area (Å²) in [6.07, 6.45) is 2.86. The van der Waals surface area contributed by atoms with E-state index in [1.807, 2.05) is 12.1 Å². The summed E-state index contributed by atoms with van der Waals surface area (Å²) in [5.41, 5.74) is 5.99. The van der Waals surface area contributed by atoms with Crippen LogP contribution in [0.25, 0.3) is 5.69 Å². The summed E-state index contributed by atoms with van der Waals surface area (Å²) in [4.78, 5) is 39.4.